The van der Waals surface area contributed by atoms with Gasteiger partial charge in [0.1, 0.15) is 0 Å². The summed E-state index contributed by atoms with van der Waals surface area (Å²) < 4.78 is 0. The Kier molecular flexibility index (Phi) is 5.70. The molecule has 0 saturated carbocycles. The first-order chi connectivity index (χ1) is 11.5. The number of carbonyl (C=O) groups is 1. The maximum atomic E-state index is 12.0. The van der Waals surface area contributed by atoms with E-state index < -0.39 is 0 Å². The molecule has 1 aromatic carbocycles. The molecule has 1 atom stereocenters. The zero-order chi connectivity index (χ0) is 17.2. The first-order valence-electron chi connectivity index (χ1n) is 8.57. The number of β-amino-alcohol motifs (C(OH)–C–C–N with tert-alkyl or cyclic N) is 1. The van der Waals surface area contributed by atoms with Crippen molar-refractivity contribution in [2.24, 2.45) is 5.41 Å². The number of hydrogen-bond acceptors (Lipinski definition) is 3. The zero-order valence-corrected chi connectivity index (χ0v) is 15.3. The number of rotatable bonds is 4. The minimum Gasteiger partial charge on any atom is -0.395 e. The molecule has 0 aromatic heterocycles. The second kappa shape index (κ2) is 7.61. The Balaban J connectivity index is 1.70. The fraction of sp³-hybridized carbons (Fsp3) is 0.611. The number of piperidine rings is 2. The number of carbonyl (C=O) groups excluding carboxylic acids is 1. The van der Waals surface area contributed by atoms with E-state index in [1.165, 1.54) is 0 Å². The molecule has 3 rings (SSSR count). The normalized spacial score (nSPS) is 25.5. The van der Waals surface area contributed by atoms with Crippen LogP contribution < -0.4 is 0 Å². The van der Waals surface area contributed by atoms with Gasteiger partial charge in [-0.25, -0.2) is 0 Å². The molecule has 1 spiro atoms. The van der Waals surface area contributed by atoms with Crippen LogP contribution in [0.5, 0.6) is 0 Å². The number of hydrogen-bond donors (Lipinski definition) is 1. The molecule has 2 fully saturated rings. The number of benzene rings is 1. The van der Waals surface area contributed by atoms with Crippen molar-refractivity contribution < 1.29 is 9.90 Å². The van der Waals surface area contributed by atoms with Crippen LogP contribution in [-0.4, -0.2) is 53.6 Å². The molecule has 4 nitrogen and oxygen atoms in total. The Morgan fingerprint density at radius 3 is 2.83 bits per heavy atom. The highest BCUT2D eigenvalue weighted by Crippen LogP contribution is 2.39. The van der Waals surface area contributed by atoms with Crippen LogP contribution in [0.4, 0.5) is 0 Å². The van der Waals surface area contributed by atoms with Crippen LogP contribution in [0.3, 0.4) is 0 Å². The predicted molar refractivity (Wildman–Crippen MR) is 96.3 cm³/mol. The van der Waals surface area contributed by atoms with Crippen LogP contribution in [-0.2, 0) is 11.3 Å². The van der Waals surface area contributed by atoms with Crippen LogP contribution in [0.25, 0.3) is 0 Å². The zero-order valence-electron chi connectivity index (χ0n) is 13.8. The minimum absolute atomic E-state index is 0.0314. The van der Waals surface area contributed by atoms with Crippen molar-refractivity contribution in [2.45, 2.75) is 32.2 Å². The number of likely N-dealkylation sites (tertiary alicyclic amines) is 2. The molecule has 2 aliphatic rings. The van der Waals surface area contributed by atoms with E-state index in [0.29, 0.717) is 23.0 Å². The molecule has 1 N–H and O–H groups in total. The summed E-state index contributed by atoms with van der Waals surface area (Å²) in [5.41, 5.74) is 1.20. The van der Waals surface area contributed by atoms with Crippen molar-refractivity contribution in [3.8, 4) is 0 Å². The van der Waals surface area contributed by atoms with Crippen LogP contribution in [0.15, 0.2) is 18.2 Å². The maximum Gasteiger partial charge on any atom is 0.222 e. The fourth-order valence-corrected chi connectivity index (χ4v) is 4.50. The summed E-state index contributed by atoms with van der Waals surface area (Å²) in [4.78, 5) is 16.3. The van der Waals surface area contributed by atoms with Gasteiger partial charge in [-0.1, -0.05) is 35.3 Å². The van der Waals surface area contributed by atoms with Gasteiger partial charge in [-0.15, -0.1) is 0 Å². The van der Waals surface area contributed by atoms with Crippen molar-refractivity contribution in [3.05, 3.63) is 33.8 Å². The molecule has 132 valence electrons. The lowest BCUT2D eigenvalue weighted by Crippen LogP contribution is -2.54. The van der Waals surface area contributed by atoms with Gasteiger partial charge in [0.15, 0.2) is 0 Å². The molecule has 1 amide bonds. The monoisotopic (exact) mass is 370 g/mol. The highest BCUT2D eigenvalue weighted by molar-refractivity contribution is 6.42. The van der Waals surface area contributed by atoms with E-state index in [2.05, 4.69) is 4.90 Å². The molecule has 2 aliphatic heterocycles. The van der Waals surface area contributed by atoms with Crippen molar-refractivity contribution in [1.82, 2.24) is 9.80 Å². The number of nitrogens with zero attached hydrogens (tertiary/aromatic N) is 2. The van der Waals surface area contributed by atoms with Gasteiger partial charge in [0, 0.05) is 38.0 Å². The third-order valence-corrected chi connectivity index (χ3v) is 6.14. The Hall–Kier alpha value is -0.810. The summed E-state index contributed by atoms with van der Waals surface area (Å²) in [6, 6.07) is 5.77. The minimum atomic E-state index is 0.0314. The lowest BCUT2D eigenvalue weighted by atomic mass is 9.73. The second-order valence-electron chi connectivity index (χ2n) is 7.07. The first-order valence-corrected chi connectivity index (χ1v) is 9.32. The van der Waals surface area contributed by atoms with E-state index in [1.54, 1.807) is 0 Å². The molecule has 1 aromatic rings. The van der Waals surface area contributed by atoms with Gasteiger partial charge >= 0.3 is 0 Å². The summed E-state index contributed by atoms with van der Waals surface area (Å²) in [7, 11) is 0. The molecule has 0 bridgehead atoms. The van der Waals surface area contributed by atoms with Crippen molar-refractivity contribution in [2.75, 3.05) is 32.8 Å². The van der Waals surface area contributed by atoms with E-state index in [4.69, 9.17) is 23.2 Å². The van der Waals surface area contributed by atoms with Gasteiger partial charge in [-0.3, -0.25) is 9.69 Å². The van der Waals surface area contributed by atoms with Gasteiger partial charge < -0.3 is 10.0 Å². The van der Waals surface area contributed by atoms with Crippen LogP contribution in [0.1, 0.15) is 31.2 Å². The van der Waals surface area contributed by atoms with Gasteiger partial charge in [-0.05, 0) is 37.4 Å². The van der Waals surface area contributed by atoms with E-state index in [9.17, 15) is 9.90 Å². The van der Waals surface area contributed by atoms with Crippen LogP contribution >= 0.6 is 23.2 Å². The Bertz CT molecular complexity index is 611. The Morgan fingerprint density at radius 1 is 1.21 bits per heavy atom. The molecule has 6 heteroatoms. The fourth-order valence-electron chi connectivity index (χ4n) is 4.12. The highest BCUT2D eigenvalue weighted by Gasteiger charge is 2.41. The largest absolute Gasteiger partial charge is 0.395 e. The van der Waals surface area contributed by atoms with E-state index in [0.717, 1.165) is 51.0 Å². The molecule has 0 unspecified atom stereocenters. The van der Waals surface area contributed by atoms with Crippen LogP contribution in [0.2, 0.25) is 10.0 Å². The third kappa shape index (κ3) is 3.88. The topological polar surface area (TPSA) is 43.8 Å². The lowest BCUT2D eigenvalue weighted by Gasteiger charge is -2.48. The smallest absolute Gasteiger partial charge is 0.222 e. The molecule has 2 saturated heterocycles. The van der Waals surface area contributed by atoms with E-state index in [-0.39, 0.29) is 17.9 Å². The maximum absolute atomic E-state index is 12.0. The van der Waals surface area contributed by atoms with E-state index >= 15 is 0 Å². The van der Waals surface area contributed by atoms with Crippen molar-refractivity contribution in [1.29, 1.82) is 0 Å². The molecule has 24 heavy (non-hydrogen) atoms. The summed E-state index contributed by atoms with van der Waals surface area (Å²) in [5.74, 6) is 0.171. The number of aliphatic hydroxyl groups excluding tert-OH is 1. The predicted octanol–water partition coefficient (Wildman–Crippen LogP) is 3.19. The molecule has 0 radical (unpaired) electrons. The van der Waals surface area contributed by atoms with Crippen molar-refractivity contribution in [3.63, 3.8) is 0 Å². The number of amides is 1. The average molecular weight is 371 g/mol. The summed E-state index contributed by atoms with van der Waals surface area (Å²) >= 11 is 12.5. The number of aliphatic hydroxyl groups is 1. The second-order valence-corrected chi connectivity index (χ2v) is 7.85. The first kappa shape index (κ1) is 18.0. The van der Waals surface area contributed by atoms with E-state index in [1.807, 2.05) is 23.1 Å². The van der Waals surface area contributed by atoms with Gasteiger partial charge in [0.2, 0.25) is 5.91 Å². The number of halogens is 2. The molecular formula is C18H24Cl2N2O2. The lowest BCUT2D eigenvalue weighted by molar-refractivity contribution is -0.140. The molecule has 2 heterocycles. The average Bonchev–Trinajstić information content (AvgIpc) is 2.56. The van der Waals surface area contributed by atoms with Gasteiger partial charge in [0.25, 0.3) is 0 Å². The molecule has 0 aliphatic carbocycles. The Morgan fingerprint density at radius 2 is 2.04 bits per heavy atom. The van der Waals surface area contributed by atoms with Gasteiger partial charge in [-0.2, -0.15) is 0 Å². The summed E-state index contributed by atoms with van der Waals surface area (Å²) in [5, 5.41) is 10.4. The van der Waals surface area contributed by atoms with Crippen LogP contribution in [0, 0.1) is 5.41 Å². The quantitative estimate of drug-likeness (QED) is 0.884. The summed E-state index contributed by atoms with van der Waals surface area (Å²) in [6.45, 7) is 4.02. The SMILES string of the molecule is O=C1CC[C@@]2(CCCN(Cc3cccc(Cl)c3Cl)C2)CN1CCO. The van der Waals surface area contributed by atoms with Gasteiger partial charge in [0.05, 0.1) is 16.7 Å². The molecular weight excluding hydrogens is 347 g/mol. The standard InChI is InChI=1S/C18H24Cl2N2O2/c19-15-4-1-3-14(17(15)20)11-21-8-2-6-18(12-21)7-5-16(24)22(13-18)9-10-23/h1,3-4,23H,2,5-13H2/t18-/m1/s1. The Labute approximate surface area is 153 Å². The van der Waals surface area contributed by atoms with Crippen molar-refractivity contribution >= 4 is 29.1 Å². The third-order valence-electron chi connectivity index (χ3n) is 5.28. The highest BCUT2D eigenvalue weighted by atomic mass is 35.5. The summed E-state index contributed by atoms with van der Waals surface area (Å²) in [6.07, 6.45) is 3.79.